The predicted molar refractivity (Wildman–Crippen MR) is 129 cm³/mol. The van der Waals surface area contributed by atoms with Gasteiger partial charge in [0.05, 0.1) is 11.5 Å². The minimum atomic E-state index is -0.357. The Bertz CT molecular complexity index is 856. The Morgan fingerprint density at radius 2 is 1.84 bits per heavy atom. The lowest BCUT2D eigenvalue weighted by Crippen LogP contribution is -2.39. The maximum atomic E-state index is 13.1. The number of hydrogen-bond donors (Lipinski definition) is 0. The third-order valence-electron chi connectivity index (χ3n) is 6.17. The standard InChI is InChI=1S/C25H34N2O3S/c1-5-27(6-2)19-13-11-18(12-14-19)23-22(25(29)30-15-16-31-7-3)17(4)26-20-9-8-10-21(28)24(20)23/h11-14,23-24H,5-10,15-16H2,1-4H3/t23-,24?/m0/s1. The highest BCUT2D eigenvalue weighted by Gasteiger charge is 2.43. The van der Waals surface area contributed by atoms with Gasteiger partial charge in [-0.25, -0.2) is 4.79 Å². The Labute approximate surface area is 190 Å². The van der Waals surface area contributed by atoms with Crippen molar-refractivity contribution in [3.05, 3.63) is 41.1 Å². The molecule has 0 amide bonds. The molecule has 1 aromatic rings. The molecule has 3 rings (SSSR count). The second kappa shape index (κ2) is 11.0. The number of rotatable bonds is 9. The first-order valence-corrected chi connectivity index (χ1v) is 12.6. The molecule has 1 fully saturated rings. The molecule has 1 unspecified atom stereocenters. The van der Waals surface area contributed by atoms with E-state index in [2.05, 4.69) is 49.9 Å². The first-order chi connectivity index (χ1) is 15.0. The number of hydrogen-bond acceptors (Lipinski definition) is 6. The minimum absolute atomic E-state index is 0.183. The van der Waals surface area contributed by atoms with E-state index in [1.165, 1.54) is 0 Å². The van der Waals surface area contributed by atoms with E-state index in [9.17, 15) is 9.59 Å². The van der Waals surface area contributed by atoms with Crippen molar-refractivity contribution in [1.82, 2.24) is 0 Å². The summed E-state index contributed by atoms with van der Waals surface area (Å²) in [7, 11) is 0. The average Bonchev–Trinajstić information content (AvgIpc) is 2.77. The molecule has 1 saturated carbocycles. The van der Waals surface area contributed by atoms with Crippen LogP contribution in [-0.4, -0.2) is 48.7 Å². The summed E-state index contributed by atoms with van der Waals surface area (Å²) in [5, 5.41) is 0. The molecule has 2 atom stereocenters. The van der Waals surface area contributed by atoms with E-state index in [-0.39, 0.29) is 23.6 Å². The first kappa shape index (κ1) is 23.6. The van der Waals surface area contributed by atoms with Gasteiger partial charge in [-0.1, -0.05) is 19.1 Å². The minimum Gasteiger partial charge on any atom is -0.461 e. The van der Waals surface area contributed by atoms with Crippen molar-refractivity contribution < 1.29 is 14.3 Å². The van der Waals surface area contributed by atoms with Crippen LogP contribution in [0, 0.1) is 5.92 Å². The molecule has 168 valence electrons. The monoisotopic (exact) mass is 442 g/mol. The van der Waals surface area contributed by atoms with E-state index in [1.54, 1.807) is 11.8 Å². The molecule has 1 heterocycles. The van der Waals surface area contributed by atoms with E-state index in [4.69, 9.17) is 9.73 Å². The van der Waals surface area contributed by atoms with E-state index in [0.29, 0.717) is 24.3 Å². The van der Waals surface area contributed by atoms with Crippen LogP contribution < -0.4 is 4.90 Å². The predicted octanol–water partition coefficient (Wildman–Crippen LogP) is 5.01. The number of aliphatic imine (C=N–C) groups is 1. The number of nitrogens with zero attached hydrogens (tertiary/aromatic N) is 2. The van der Waals surface area contributed by atoms with Gasteiger partial charge in [0.15, 0.2) is 0 Å². The van der Waals surface area contributed by atoms with Crippen LogP contribution in [0.4, 0.5) is 5.69 Å². The number of ether oxygens (including phenoxy) is 1. The van der Waals surface area contributed by atoms with Crippen LogP contribution in [0.2, 0.25) is 0 Å². The van der Waals surface area contributed by atoms with Gasteiger partial charge in [0.1, 0.15) is 12.4 Å². The summed E-state index contributed by atoms with van der Waals surface area (Å²) in [5.41, 5.74) is 4.28. The fourth-order valence-corrected chi connectivity index (χ4v) is 5.13. The molecule has 0 aromatic heterocycles. The third-order valence-corrected chi connectivity index (χ3v) is 7.04. The number of carbonyl (C=O) groups excluding carboxylic acids is 2. The summed E-state index contributed by atoms with van der Waals surface area (Å²) < 4.78 is 5.61. The normalized spacial score (nSPS) is 20.9. The maximum absolute atomic E-state index is 13.1. The quantitative estimate of drug-likeness (QED) is 0.397. The van der Waals surface area contributed by atoms with E-state index in [1.807, 2.05) is 6.92 Å². The number of fused-ring (bicyclic) bond motifs is 1. The zero-order chi connectivity index (χ0) is 22.4. The number of anilines is 1. The van der Waals surface area contributed by atoms with Crippen molar-refractivity contribution in [2.75, 3.05) is 36.1 Å². The lowest BCUT2D eigenvalue weighted by molar-refractivity contribution is -0.139. The van der Waals surface area contributed by atoms with Gasteiger partial charge in [-0.15, -0.1) is 0 Å². The fourth-order valence-electron chi connectivity index (χ4n) is 4.64. The van der Waals surface area contributed by atoms with Crippen LogP contribution in [0.3, 0.4) is 0 Å². The summed E-state index contributed by atoms with van der Waals surface area (Å²) in [6, 6.07) is 8.32. The molecule has 0 spiro atoms. The van der Waals surface area contributed by atoms with Gasteiger partial charge in [0.2, 0.25) is 0 Å². The van der Waals surface area contributed by atoms with Gasteiger partial charge < -0.3 is 9.64 Å². The van der Waals surface area contributed by atoms with Gasteiger partial charge in [0.25, 0.3) is 0 Å². The molecule has 31 heavy (non-hydrogen) atoms. The summed E-state index contributed by atoms with van der Waals surface area (Å²) in [4.78, 5) is 33.1. The molecule has 2 aliphatic rings. The summed E-state index contributed by atoms with van der Waals surface area (Å²) in [6.45, 7) is 10.5. The van der Waals surface area contributed by atoms with Crippen molar-refractivity contribution in [2.45, 2.75) is 52.9 Å². The molecule has 1 aliphatic heterocycles. The molecular weight excluding hydrogens is 408 g/mol. The van der Waals surface area contributed by atoms with Crippen molar-refractivity contribution in [3.63, 3.8) is 0 Å². The Morgan fingerprint density at radius 1 is 1.13 bits per heavy atom. The number of allylic oxidation sites excluding steroid dienone is 1. The summed E-state index contributed by atoms with van der Waals surface area (Å²) in [6.07, 6.45) is 2.20. The highest BCUT2D eigenvalue weighted by atomic mass is 32.2. The topological polar surface area (TPSA) is 59.0 Å². The number of thioether (sulfide) groups is 1. The number of benzene rings is 1. The number of Topliss-reactive ketones (excluding diaryl/α,β-unsaturated/α-hetero) is 1. The van der Waals surface area contributed by atoms with Gasteiger partial charge in [0, 0.05) is 48.3 Å². The number of carbonyl (C=O) groups is 2. The van der Waals surface area contributed by atoms with Gasteiger partial charge in [-0.3, -0.25) is 9.79 Å². The van der Waals surface area contributed by atoms with Crippen LogP contribution in [0.1, 0.15) is 58.4 Å². The number of ketones is 1. The molecule has 5 nitrogen and oxygen atoms in total. The van der Waals surface area contributed by atoms with E-state index >= 15 is 0 Å². The summed E-state index contributed by atoms with van der Waals surface area (Å²) in [5.74, 6) is 0.928. The maximum Gasteiger partial charge on any atom is 0.336 e. The Morgan fingerprint density at radius 3 is 2.48 bits per heavy atom. The highest BCUT2D eigenvalue weighted by molar-refractivity contribution is 7.99. The Hall–Kier alpha value is -2.08. The summed E-state index contributed by atoms with van der Waals surface area (Å²) >= 11 is 1.74. The second-order valence-electron chi connectivity index (χ2n) is 7.97. The molecule has 1 aromatic carbocycles. The molecular formula is C25H34N2O3S. The van der Waals surface area contributed by atoms with E-state index in [0.717, 1.165) is 54.4 Å². The largest absolute Gasteiger partial charge is 0.461 e. The lowest BCUT2D eigenvalue weighted by Gasteiger charge is -2.35. The van der Waals surface area contributed by atoms with Crippen LogP contribution >= 0.6 is 11.8 Å². The molecule has 0 radical (unpaired) electrons. The smallest absolute Gasteiger partial charge is 0.336 e. The van der Waals surface area contributed by atoms with Crippen molar-refractivity contribution in [2.24, 2.45) is 10.9 Å². The van der Waals surface area contributed by atoms with Crippen molar-refractivity contribution in [1.29, 1.82) is 0 Å². The average molecular weight is 443 g/mol. The van der Waals surface area contributed by atoms with Gasteiger partial charge >= 0.3 is 5.97 Å². The van der Waals surface area contributed by atoms with E-state index < -0.39 is 0 Å². The number of esters is 1. The molecule has 6 heteroatoms. The molecule has 0 saturated heterocycles. The molecule has 0 N–H and O–H groups in total. The highest BCUT2D eigenvalue weighted by Crippen LogP contribution is 2.43. The molecule has 0 bridgehead atoms. The second-order valence-corrected chi connectivity index (χ2v) is 9.37. The lowest BCUT2D eigenvalue weighted by atomic mass is 9.69. The Kier molecular flexibility index (Phi) is 8.35. The third kappa shape index (κ3) is 5.22. The SMILES string of the molecule is CCSCCOC(=O)C1=C(C)N=C2CCCC(=O)C2[C@H]1c1ccc(N(CC)CC)cc1. The van der Waals surface area contributed by atoms with Crippen LogP contribution in [-0.2, 0) is 14.3 Å². The Balaban J connectivity index is 1.97. The molecule has 1 aliphatic carbocycles. The van der Waals surface area contributed by atoms with Crippen LogP contribution in [0.25, 0.3) is 0 Å². The fraction of sp³-hybridized carbons (Fsp3) is 0.560. The van der Waals surface area contributed by atoms with Crippen LogP contribution in [0.15, 0.2) is 40.5 Å². The van der Waals surface area contributed by atoms with Gasteiger partial charge in [-0.05, 0) is 57.1 Å². The van der Waals surface area contributed by atoms with Crippen molar-refractivity contribution >= 4 is 34.9 Å². The van der Waals surface area contributed by atoms with Gasteiger partial charge in [-0.2, -0.15) is 11.8 Å². The zero-order valence-corrected chi connectivity index (χ0v) is 20.0. The first-order valence-electron chi connectivity index (χ1n) is 11.4. The zero-order valence-electron chi connectivity index (χ0n) is 19.1. The van der Waals surface area contributed by atoms with Crippen molar-refractivity contribution in [3.8, 4) is 0 Å². The van der Waals surface area contributed by atoms with Crippen LogP contribution in [0.5, 0.6) is 0 Å².